The number of halogens is 1. The van der Waals surface area contributed by atoms with Gasteiger partial charge in [0, 0.05) is 16.9 Å². The Morgan fingerprint density at radius 1 is 1.10 bits per heavy atom. The lowest BCUT2D eigenvalue weighted by Crippen LogP contribution is -2.24. The molecule has 29 heavy (non-hydrogen) atoms. The molecular formula is C21H19BrN4O3. The minimum atomic E-state index is -0.217. The highest BCUT2D eigenvalue weighted by atomic mass is 79.9. The van der Waals surface area contributed by atoms with E-state index < -0.39 is 0 Å². The smallest absolute Gasteiger partial charge is 0.274 e. The number of carbonyl (C=O) groups is 1. The van der Waals surface area contributed by atoms with E-state index in [-0.39, 0.29) is 5.91 Å². The molecular weight excluding hydrogens is 436 g/mol. The summed E-state index contributed by atoms with van der Waals surface area (Å²) in [7, 11) is 0. The summed E-state index contributed by atoms with van der Waals surface area (Å²) in [5.41, 5.74) is 3.12. The number of rotatable bonds is 5. The van der Waals surface area contributed by atoms with Gasteiger partial charge in [-0.15, -0.1) is 5.10 Å². The zero-order chi connectivity index (χ0) is 19.8. The molecule has 0 saturated heterocycles. The Balaban J connectivity index is 1.35. The van der Waals surface area contributed by atoms with Crippen LogP contribution in [0.15, 0.2) is 46.9 Å². The quantitative estimate of drug-likeness (QED) is 0.636. The molecule has 1 amide bonds. The summed E-state index contributed by atoms with van der Waals surface area (Å²) < 4.78 is 13.9. The number of carbonyl (C=O) groups excluding carboxylic acids is 1. The summed E-state index contributed by atoms with van der Waals surface area (Å²) in [6, 6.07) is 13.5. The number of nitrogens with one attached hydrogen (secondary N) is 1. The number of hydrogen-bond acceptors (Lipinski definition) is 5. The van der Waals surface area contributed by atoms with Gasteiger partial charge in [0.2, 0.25) is 0 Å². The second-order valence-electron chi connectivity index (χ2n) is 7.15. The topological polar surface area (TPSA) is 78.3 Å². The van der Waals surface area contributed by atoms with E-state index in [9.17, 15) is 4.79 Å². The Morgan fingerprint density at radius 3 is 2.62 bits per heavy atom. The zero-order valence-corrected chi connectivity index (χ0v) is 17.2. The van der Waals surface area contributed by atoms with Crippen LogP contribution < -0.4 is 14.8 Å². The predicted octanol–water partition coefficient (Wildman–Crippen LogP) is 3.61. The molecule has 1 aromatic heterocycles. The molecule has 7 nitrogen and oxygen atoms in total. The lowest BCUT2D eigenvalue weighted by molar-refractivity contribution is 0.0944. The summed E-state index contributed by atoms with van der Waals surface area (Å²) in [5, 5.41) is 11.4. The largest absolute Gasteiger partial charge is 0.486 e. The standard InChI is InChI=1S/C21H19BrN4O3/c22-15-4-6-16(7-5-15)26-20(14-2-3-14)19(24-25-26)21(27)23-12-13-1-8-17-18(11-13)29-10-9-28-17/h1,4-8,11,14H,2-3,9-10,12H2,(H,23,27). The van der Waals surface area contributed by atoms with Crippen molar-refractivity contribution in [2.75, 3.05) is 13.2 Å². The van der Waals surface area contributed by atoms with Gasteiger partial charge in [-0.25, -0.2) is 4.68 Å². The Hall–Kier alpha value is -2.87. The van der Waals surface area contributed by atoms with Gasteiger partial charge in [-0.3, -0.25) is 4.79 Å². The molecule has 3 aromatic rings. The van der Waals surface area contributed by atoms with Crippen molar-refractivity contribution in [2.45, 2.75) is 25.3 Å². The van der Waals surface area contributed by atoms with E-state index in [1.807, 2.05) is 42.5 Å². The molecule has 8 heteroatoms. The molecule has 5 rings (SSSR count). The second-order valence-corrected chi connectivity index (χ2v) is 8.06. The number of amides is 1. The highest BCUT2D eigenvalue weighted by molar-refractivity contribution is 9.10. The third kappa shape index (κ3) is 3.72. The maximum atomic E-state index is 12.9. The van der Waals surface area contributed by atoms with Crippen LogP contribution >= 0.6 is 15.9 Å². The molecule has 1 fully saturated rings. The lowest BCUT2D eigenvalue weighted by Gasteiger charge is -2.18. The fourth-order valence-electron chi connectivity index (χ4n) is 3.41. The SMILES string of the molecule is O=C(NCc1ccc2c(c1)OCCO2)c1nnn(-c2ccc(Br)cc2)c1C1CC1. The van der Waals surface area contributed by atoms with Gasteiger partial charge >= 0.3 is 0 Å². The van der Waals surface area contributed by atoms with E-state index in [1.54, 1.807) is 4.68 Å². The van der Waals surface area contributed by atoms with Crippen molar-refractivity contribution in [1.29, 1.82) is 0 Å². The van der Waals surface area contributed by atoms with Crippen LogP contribution in [0.3, 0.4) is 0 Å². The van der Waals surface area contributed by atoms with Gasteiger partial charge in [-0.1, -0.05) is 27.2 Å². The van der Waals surface area contributed by atoms with Crippen LogP contribution in [0, 0.1) is 0 Å². The number of aromatic nitrogens is 3. The van der Waals surface area contributed by atoms with E-state index >= 15 is 0 Å². The first-order valence-electron chi connectivity index (χ1n) is 9.57. The Kier molecular flexibility index (Phi) is 4.71. The van der Waals surface area contributed by atoms with E-state index in [1.165, 1.54) is 0 Å². The molecule has 0 atom stereocenters. The minimum Gasteiger partial charge on any atom is -0.486 e. The fraction of sp³-hybridized carbons (Fsp3) is 0.286. The molecule has 2 aromatic carbocycles. The van der Waals surface area contributed by atoms with E-state index in [0.29, 0.717) is 37.1 Å². The van der Waals surface area contributed by atoms with Gasteiger partial charge in [0.25, 0.3) is 5.91 Å². The molecule has 1 saturated carbocycles. The van der Waals surface area contributed by atoms with Crippen LogP contribution in [-0.4, -0.2) is 34.1 Å². The van der Waals surface area contributed by atoms with Crippen molar-refractivity contribution in [3.05, 3.63) is 63.9 Å². The fourth-order valence-corrected chi connectivity index (χ4v) is 3.68. The van der Waals surface area contributed by atoms with Crippen molar-refractivity contribution in [1.82, 2.24) is 20.3 Å². The van der Waals surface area contributed by atoms with E-state index in [4.69, 9.17) is 9.47 Å². The highest BCUT2D eigenvalue weighted by Crippen LogP contribution is 2.42. The number of nitrogens with zero attached hydrogens (tertiary/aromatic N) is 3. The maximum absolute atomic E-state index is 12.9. The van der Waals surface area contributed by atoms with Gasteiger partial charge in [-0.05, 0) is 54.8 Å². The second kappa shape index (κ2) is 7.51. The van der Waals surface area contributed by atoms with Crippen LogP contribution in [0.4, 0.5) is 0 Å². The number of benzene rings is 2. The van der Waals surface area contributed by atoms with Crippen LogP contribution in [-0.2, 0) is 6.54 Å². The molecule has 1 N–H and O–H groups in total. The average Bonchev–Trinajstić information content (AvgIpc) is 3.50. The van der Waals surface area contributed by atoms with Crippen molar-refractivity contribution in [3.63, 3.8) is 0 Å². The zero-order valence-electron chi connectivity index (χ0n) is 15.6. The van der Waals surface area contributed by atoms with E-state index in [2.05, 4.69) is 31.6 Å². The van der Waals surface area contributed by atoms with Crippen molar-refractivity contribution in [2.24, 2.45) is 0 Å². The average molecular weight is 455 g/mol. The first kappa shape index (κ1) is 18.2. The van der Waals surface area contributed by atoms with Crippen molar-refractivity contribution >= 4 is 21.8 Å². The van der Waals surface area contributed by atoms with Gasteiger partial charge < -0.3 is 14.8 Å². The monoisotopic (exact) mass is 454 g/mol. The molecule has 0 unspecified atom stereocenters. The summed E-state index contributed by atoms with van der Waals surface area (Å²) >= 11 is 3.45. The summed E-state index contributed by atoms with van der Waals surface area (Å²) in [4.78, 5) is 12.9. The van der Waals surface area contributed by atoms with E-state index in [0.717, 1.165) is 40.0 Å². The maximum Gasteiger partial charge on any atom is 0.274 e. The predicted molar refractivity (Wildman–Crippen MR) is 110 cm³/mol. The Bertz CT molecular complexity index is 1060. The normalized spacial score (nSPS) is 15.2. The molecule has 148 valence electrons. The third-order valence-corrected chi connectivity index (χ3v) is 5.54. The molecule has 0 radical (unpaired) electrons. The molecule has 2 aliphatic rings. The van der Waals surface area contributed by atoms with Gasteiger partial charge in [0.05, 0.1) is 11.4 Å². The third-order valence-electron chi connectivity index (χ3n) is 5.01. The van der Waals surface area contributed by atoms with Crippen LogP contribution in [0.5, 0.6) is 11.5 Å². The molecule has 2 heterocycles. The van der Waals surface area contributed by atoms with Crippen LogP contribution in [0.1, 0.15) is 40.5 Å². The molecule has 1 aliphatic carbocycles. The number of fused-ring (bicyclic) bond motifs is 1. The summed E-state index contributed by atoms with van der Waals surface area (Å²) in [6.45, 7) is 1.47. The highest BCUT2D eigenvalue weighted by Gasteiger charge is 2.34. The van der Waals surface area contributed by atoms with Crippen LogP contribution in [0.2, 0.25) is 0 Å². The van der Waals surface area contributed by atoms with Crippen molar-refractivity contribution in [3.8, 4) is 17.2 Å². The van der Waals surface area contributed by atoms with Crippen molar-refractivity contribution < 1.29 is 14.3 Å². The summed E-state index contributed by atoms with van der Waals surface area (Å²) in [5.74, 6) is 1.55. The molecule has 0 bridgehead atoms. The summed E-state index contributed by atoms with van der Waals surface area (Å²) in [6.07, 6.45) is 2.10. The van der Waals surface area contributed by atoms with Gasteiger partial charge in [0.15, 0.2) is 17.2 Å². The molecule has 0 spiro atoms. The first-order valence-corrected chi connectivity index (χ1v) is 10.4. The number of ether oxygens (including phenoxy) is 2. The minimum absolute atomic E-state index is 0.217. The first-order chi connectivity index (χ1) is 14.2. The Morgan fingerprint density at radius 2 is 1.86 bits per heavy atom. The van der Waals surface area contributed by atoms with Gasteiger partial charge in [0.1, 0.15) is 13.2 Å². The molecule has 1 aliphatic heterocycles. The van der Waals surface area contributed by atoms with Crippen LogP contribution in [0.25, 0.3) is 5.69 Å². The van der Waals surface area contributed by atoms with Gasteiger partial charge in [-0.2, -0.15) is 0 Å². The number of hydrogen-bond donors (Lipinski definition) is 1. The Labute approximate surface area is 176 Å². The lowest BCUT2D eigenvalue weighted by atomic mass is 10.1.